The van der Waals surface area contributed by atoms with Gasteiger partial charge in [-0.3, -0.25) is 0 Å². The van der Waals surface area contributed by atoms with Crippen LogP contribution in [0.25, 0.3) is 0 Å². The molecule has 0 aromatic rings. The number of hydrogen-bond donors (Lipinski definition) is 0. The smallest absolute Gasteiger partial charge is 0.403 e. The van der Waals surface area contributed by atoms with Crippen molar-refractivity contribution in [3.05, 3.63) is 0 Å². The van der Waals surface area contributed by atoms with Gasteiger partial charge in [-0.1, -0.05) is 0 Å². The highest BCUT2D eigenvalue weighted by molar-refractivity contribution is 6.71. The van der Waals surface area contributed by atoms with E-state index in [-0.39, 0.29) is 12.8 Å². The molecule has 0 aromatic heterocycles. The van der Waals surface area contributed by atoms with Gasteiger partial charge >= 0.3 is 21.4 Å². The van der Waals surface area contributed by atoms with Gasteiger partial charge in [0.2, 0.25) is 0 Å². The molecule has 6 nitrogen and oxygen atoms in total. The zero-order valence-electron chi connectivity index (χ0n) is 20.5. The van der Waals surface area contributed by atoms with Gasteiger partial charge < -0.3 is 27.9 Å². The van der Waals surface area contributed by atoms with Crippen LogP contribution in [-0.4, -0.2) is 55.0 Å². The van der Waals surface area contributed by atoms with Crippen LogP contribution in [0.15, 0.2) is 0 Å². The van der Waals surface area contributed by atoms with Crippen molar-refractivity contribution in [2.24, 2.45) is 0 Å². The van der Waals surface area contributed by atoms with Crippen molar-refractivity contribution in [2.75, 3.05) is 0 Å². The molecule has 3 aliphatic heterocycles. The van der Waals surface area contributed by atoms with Gasteiger partial charge in [-0.15, -0.1) is 0 Å². The van der Waals surface area contributed by atoms with Crippen molar-refractivity contribution < 1.29 is 27.9 Å². The molecule has 0 saturated carbocycles. The molecule has 3 fully saturated rings. The Hall–Kier alpha value is -0.0452. The van der Waals surface area contributed by atoms with Gasteiger partial charge in [-0.2, -0.15) is 0 Å². The Morgan fingerprint density at radius 1 is 0.448 bits per heavy atom. The van der Waals surface area contributed by atoms with Crippen LogP contribution in [0.5, 0.6) is 0 Å². The van der Waals surface area contributed by atoms with E-state index in [9.17, 15) is 0 Å². The van der Waals surface area contributed by atoms with Crippen molar-refractivity contribution in [3.63, 3.8) is 0 Å². The van der Waals surface area contributed by atoms with Gasteiger partial charge in [-0.05, 0) is 89.4 Å². The molecule has 9 heteroatoms. The molecule has 3 aliphatic rings. The summed E-state index contributed by atoms with van der Waals surface area (Å²) in [6.07, 6.45) is 0.556. The minimum absolute atomic E-state index is 0.202. The molecule has 0 aliphatic carbocycles. The zero-order chi connectivity index (χ0) is 22.3. The standard InChI is InChI=1S/C20H39B3O6/c1-15(2)16(3,4)25-21(24-15)13-14(22-26-17(5,6)18(7,8)27-22)23-28-19(9,10)20(11,12)29-23/h14H,13H2,1-12H3. The molecule has 0 amide bonds. The molecule has 0 bridgehead atoms. The van der Waals surface area contributed by atoms with Crippen LogP contribution in [0.4, 0.5) is 0 Å². The second-order valence-corrected chi connectivity index (χ2v) is 11.8. The first-order chi connectivity index (χ1) is 12.8. The lowest BCUT2D eigenvalue weighted by molar-refractivity contribution is 0.00578. The van der Waals surface area contributed by atoms with Crippen molar-refractivity contribution in [1.29, 1.82) is 0 Å². The maximum atomic E-state index is 6.40. The van der Waals surface area contributed by atoms with Crippen LogP contribution in [-0.2, 0) is 27.9 Å². The van der Waals surface area contributed by atoms with Crippen LogP contribution in [0.1, 0.15) is 83.1 Å². The van der Waals surface area contributed by atoms with E-state index in [1.807, 2.05) is 0 Å². The Balaban J connectivity index is 1.86. The topological polar surface area (TPSA) is 55.4 Å². The molecule has 0 unspecified atom stereocenters. The summed E-state index contributed by atoms with van der Waals surface area (Å²) in [6, 6.07) is 0. The number of hydrogen-bond acceptors (Lipinski definition) is 6. The van der Waals surface area contributed by atoms with Gasteiger partial charge in [0.1, 0.15) is 0 Å². The highest BCUT2D eigenvalue weighted by Gasteiger charge is 2.63. The maximum Gasteiger partial charge on any atom is 0.458 e. The molecule has 0 aromatic carbocycles. The summed E-state index contributed by atoms with van der Waals surface area (Å²) in [5, 5.41) is 0. The van der Waals surface area contributed by atoms with Crippen molar-refractivity contribution in [1.82, 2.24) is 0 Å². The minimum Gasteiger partial charge on any atom is -0.403 e. The van der Waals surface area contributed by atoms with Gasteiger partial charge in [-0.25, -0.2) is 0 Å². The summed E-state index contributed by atoms with van der Waals surface area (Å²) < 4.78 is 38.1. The van der Waals surface area contributed by atoms with Crippen LogP contribution >= 0.6 is 0 Å². The Bertz CT molecular complexity index is 562. The summed E-state index contributed by atoms with van der Waals surface area (Å²) in [5.74, 6) is 0. The van der Waals surface area contributed by atoms with E-state index in [0.717, 1.165) is 0 Å². The van der Waals surface area contributed by atoms with Crippen LogP contribution in [0.3, 0.4) is 0 Å². The molecule has 0 radical (unpaired) electrons. The Labute approximate surface area is 178 Å². The summed E-state index contributed by atoms with van der Waals surface area (Å²) >= 11 is 0. The lowest BCUT2D eigenvalue weighted by atomic mass is 9.45. The summed E-state index contributed by atoms with van der Waals surface area (Å²) in [5.41, 5.74) is -2.73. The SMILES string of the molecule is CC1(C)OB(CC(B2OC(C)(C)C(C)(C)O2)B2OC(C)(C)C(C)(C)O2)OC1(C)C. The van der Waals surface area contributed by atoms with E-state index >= 15 is 0 Å². The van der Waals surface area contributed by atoms with Crippen molar-refractivity contribution >= 4 is 21.4 Å². The lowest BCUT2D eigenvalue weighted by Gasteiger charge is -2.32. The third kappa shape index (κ3) is 3.96. The third-order valence-corrected chi connectivity index (χ3v) is 8.01. The predicted octanol–water partition coefficient (Wildman–Crippen LogP) is 4.17. The Morgan fingerprint density at radius 2 is 0.690 bits per heavy atom. The average molecular weight is 408 g/mol. The predicted molar refractivity (Wildman–Crippen MR) is 117 cm³/mol. The van der Waals surface area contributed by atoms with Crippen LogP contribution in [0, 0.1) is 0 Å². The molecule has 0 N–H and O–H groups in total. The maximum absolute atomic E-state index is 6.40. The second-order valence-electron chi connectivity index (χ2n) is 11.8. The summed E-state index contributed by atoms with van der Waals surface area (Å²) in [7, 11) is -1.34. The monoisotopic (exact) mass is 408 g/mol. The van der Waals surface area contributed by atoms with E-state index in [1.54, 1.807) is 0 Å². The largest absolute Gasteiger partial charge is 0.458 e. The molecule has 164 valence electrons. The minimum atomic E-state index is -0.478. The Kier molecular flexibility index (Phi) is 5.48. The van der Waals surface area contributed by atoms with Gasteiger partial charge in [0.15, 0.2) is 0 Å². The van der Waals surface area contributed by atoms with Crippen LogP contribution in [0.2, 0.25) is 12.0 Å². The van der Waals surface area contributed by atoms with E-state index in [2.05, 4.69) is 83.1 Å². The third-order valence-electron chi connectivity index (χ3n) is 8.01. The summed E-state index contributed by atoms with van der Waals surface area (Å²) in [6.45, 7) is 24.7. The lowest BCUT2D eigenvalue weighted by Crippen LogP contribution is -2.41. The molecular formula is C20H39B3O6. The molecule has 3 rings (SSSR count). The van der Waals surface area contributed by atoms with Gasteiger partial charge in [0.05, 0.1) is 33.6 Å². The fourth-order valence-corrected chi connectivity index (χ4v) is 3.76. The molecule has 0 spiro atoms. The normalized spacial score (nSPS) is 31.1. The van der Waals surface area contributed by atoms with E-state index in [1.165, 1.54) is 0 Å². The van der Waals surface area contributed by atoms with Gasteiger partial charge in [0, 0.05) is 5.72 Å². The van der Waals surface area contributed by atoms with Crippen LogP contribution < -0.4 is 0 Å². The fourth-order valence-electron chi connectivity index (χ4n) is 3.76. The van der Waals surface area contributed by atoms with E-state index < -0.39 is 47.8 Å². The van der Waals surface area contributed by atoms with E-state index in [4.69, 9.17) is 27.9 Å². The first-order valence-electron chi connectivity index (χ1n) is 10.9. The first kappa shape index (κ1) is 23.6. The van der Waals surface area contributed by atoms with E-state index in [0.29, 0.717) is 6.32 Å². The molecule has 3 saturated heterocycles. The average Bonchev–Trinajstić information content (AvgIpc) is 2.92. The zero-order valence-corrected chi connectivity index (χ0v) is 20.5. The number of rotatable bonds is 4. The highest BCUT2D eigenvalue weighted by Crippen LogP contribution is 2.48. The first-order valence-corrected chi connectivity index (χ1v) is 10.9. The summed E-state index contributed by atoms with van der Waals surface area (Å²) in [4.78, 5) is 0. The molecule has 29 heavy (non-hydrogen) atoms. The Morgan fingerprint density at radius 3 is 0.966 bits per heavy atom. The van der Waals surface area contributed by atoms with Gasteiger partial charge in [0.25, 0.3) is 0 Å². The second kappa shape index (κ2) is 6.73. The fraction of sp³-hybridized carbons (Fsp3) is 1.00. The molecular weight excluding hydrogens is 369 g/mol. The van der Waals surface area contributed by atoms with Crippen molar-refractivity contribution in [3.8, 4) is 0 Å². The molecule has 3 heterocycles. The highest BCUT2D eigenvalue weighted by atomic mass is 16.7. The molecule has 0 atom stereocenters. The van der Waals surface area contributed by atoms with Crippen molar-refractivity contribution in [2.45, 2.75) is 129 Å². The quantitative estimate of drug-likeness (QED) is 0.652.